The van der Waals surface area contributed by atoms with Crippen molar-refractivity contribution in [3.63, 3.8) is 0 Å². The van der Waals surface area contributed by atoms with Crippen LogP contribution >= 0.6 is 0 Å². The van der Waals surface area contributed by atoms with Gasteiger partial charge in [-0.3, -0.25) is 15.0 Å². The van der Waals surface area contributed by atoms with Gasteiger partial charge in [-0.05, 0) is 11.5 Å². The number of hydrogen-bond donors (Lipinski definition) is 1. The molecule has 1 N–H and O–H groups in total. The number of benzene rings is 3. The Morgan fingerprint density at radius 3 is 1.91 bits per heavy atom. The molecular formula is C19H12N2O2. The van der Waals surface area contributed by atoms with Crippen molar-refractivity contribution in [2.45, 2.75) is 0 Å². The first-order valence-electron chi connectivity index (χ1n) is 7.25. The van der Waals surface area contributed by atoms with Gasteiger partial charge in [0.05, 0.1) is 5.69 Å². The zero-order chi connectivity index (χ0) is 15.8. The molecule has 0 fully saturated rings. The van der Waals surface area contributed by atoms with E-state index in [1.54, 1.807) is 24.3 Å². The maximum Gasteiger partial charge on any atom is 0.217 e. The van der Waals surface area contributed by atoms with Crippen LogP contribution in [-0.2, 0) is 0 Å². The van der Waals surface area contributed by atoms with Crippen molar-refractivity contribution in [2.24, 2.45) is 5.10 Å². The monoisotopic (exact) mass is 300 g/mol. The predicted octanol–water partition coefficient (Wildman–Crippen LogP) is 2.52. The predicted molar refractivity (Wildman–Crippen MR) is 92.0 cm³/mol. The first-order valence-corrected chi connectivity index (χ1v) is 7.25. The maximum absolute atomic E-state index is 12.3. The lowest BCUT2D eigenvalue weighted by Gasteiger charge is -2.04. The van der Waals surface area contributed by atoms with E-state index in [1.807, 2.05) is 42.5 Å². The van der Waals surface area contributed by atoms with Gasteiger partial charge in [-0.15, -0.1) is 0 Å². The molecule has 0 aliphatic rings. The minimum atomic E-state index is -0.335. The van der Waals surface area contributed by atoms with Crippen LogP contribution in [0.15, 0.2) is 81.4 Å². The van der Waals surface area contributed by atoms with Crippen LogP contribution in [-0.4, -0.2) is 0 Å². The van der Waals surface area contributed by atoms with Crippen LogP contribution in [0, 0.1) is 0 Å². The lowest BCUT2D eigenvalue weighted by Crippen LogP contribution is -2.32. The third-order valence-electron chi connectivity index (χ3n) is 3.92. The highest BCUT2D eigenvalue weighted by Crippen LogP contribution is 2.22. The molecule has 0 aromatic heterocycles. The van der Waals surface area contributed by atoms with Gasteiger partial charge < -0.3 is 0 Å². The van der Waals surface area contributed by atoms with Gasteiger partial charge in [0, 0.05) is 16.2 Å². The number of nitrogens with one attached hydrogen (secondary N) is 1. The average molecular weight is 300 g/mol. The first-order chi connectivity index (χ1) is 11.3. The standard InChI is InChI=1S/C19H12N2O2/c22-18-14-9-3-4-10-15(14)19(23)17(18)21-20-16-11-5-7-12-6-1-2-8-13(12)16/h1-11,20H. The fourth-order valence-corrected chi connectivity index (χ4v) is 2.78. The quantitative estimate of drug-likeness (QED) is 0.579. The van der Waals surface area contributed by atoms with E-state index in [9.17, 15) is 9.59 Å². The van der Waals surface area contributed by atoms with Crippen LogP contribution in [0.25, 0.3) is 21.5 Å². The number of nitrogens with zero attached hydrogens (tertiary/aromatic N) is 1. The molecule has 0 aliphatic carbocycles. The summed E-state index contributed by atoms with van der Waals surface area (Å²) in [4.78, 5) is 24.6. The molecule has 0 amide bonds. The van der Waals surface area contributed by atoms with Gasteiger partial charge in [-0.2, -0.15) is 5.10 Å². The van der Waals surface area contributed by atoms with Gasteiger partial charge >= 0.3 is 0 Å². The lowest BCUT2D eigenvalue weighted by molar-refractivity contribution is 1.20. The van der Waals surface area contributed by atoms with Crippen molar-refractivity contribution in [3.05, 3.63) is 92.5 Å². The van der Waals surface area contributed by atoms with Gasteiger partial charge in [0.15, 0.2) is 5.36 Å². The van der Waals surface area contributed by atoms with Crippen LogP contribution < -0.4 is 21.6 Å². The molecule has 23 heavy (non-hydrogen) atoms. The minimum Gasteiger partial charge on any atom is -0.287 e. The van der Waals surface area contributed by atoms with Crippen molar-refractivity contribution in [3.8, 4) is 0 Å². The van der Waals surface area contributed by atoms with Crippen molar-refractivity contribution < 1.29 is 0 Å². The molecule has 4 nitrogen and oxygen atoms in total. The second kappa shape index (κ2) is 5.18. The Kier molecular flexibility index (Phi) is 3.01. The van der Waals surface area contributed by atoms with Crippen molar-refractivity contribution in [1.29, 1.82) is 0 Å². The largest absolute Gasteiger partial charge is 0.287 e. The van der Waals surface area contributed by atoms with Crippen LogP contribution in [0.3, 0.4) is 0 Å². The third kappa shape index (κ3) is 2.12. The Balaban J connectivity index is 1.89. The van der Waals surface area contributed by atoms with E-state index in [0.717, 1.165) is 16.5 Å². The summed E-state index contributed by atoms with van der Waals surface area (Å²) in [5.74, 6) is 0. The molecular weight excluding hydrogens is 288 g/mol. The molecule has 0 saturated carbocycles. The van der Waals surface area contributed by atoms with Crippen molar-refractivity contribution in [2.75, 3.05) is 5.43 Å². The molecule has 0 heterocycles. The van der Waals surface area contributed by atoms with Crippen LogP contribution in [0.5, 0.6) is 0 Å². The van der Waals surface area contributed by atoms with Gasteiger partial charge in [-0.1, -0.05) is 60.7 Å². The molecule has 110 valence electrons. The van der Waals surface area contributed by atoms with E-state index in [2.05, 4.69) is 10.5 Å². The average Bonchev–Trinajstić information content (AvgIpc) is 2.84. The molecule has 4 aromatic rings. The van der Waals surface area contributed by atoms with Gasteiger partial charge in [0.25, 0.3) is 0 Å². The number of anilines is 1. The molecule has 0 saturated heterocycles. The van der Waals surface area contributed by atoms with Gasteiger partial charge in [-0.25, -0.2) is 0 Å². The van der Waals surface area contributed by atoms with Gasteiger partial charge in [0.2, 0.25) is 10.9 Å². The van der Waals surface area contributed by atoms with E-state index in [-0.39, 0.29) is 16.2 Å². The van der Waals surface area contributed by atoms with E-state index in [0.29, 0.717) is 10.8 Å². The Bertz CT molecular complexity index is 1130. The van der Waals surface area contributed by atoms with Crippen molar-refractivity contribution >= 4 is 27.2 Å². The third-order valence-corrected chi connectivity index (χ3v) is 3.92. The van der Waals surface area contributed by atoms with E-state index in [4.69, 9.17) is 0 Å². The van der Waals surface area contributed by atoms with Crippen LogP contribution in [0.1, 0.15) is 0 Å². The smallest absolute Gasteiger partial charge is 0.217 e. The summed E-state index contributed by atoms with van der Waals surface area (Å²) in [6.07, 6.45) is 0. The molecule has 0 unspecified atom stereocenters. The summed E-state index contributed by atoms with van der Waals surface area (Å²) in [6, 6.07) is 20.4. The lowest BCUT2D eigenvalue weighted by atomic mass is 10.1. The second-order valence-electron chi connectivity index (χ2n) is 5.30. The van der Waals surface area contributed by atoms with Crippen molar-refractivity contribution in [1.82, 2.24) is 0 Å². The topological polar surface area (TPSA) is 58.5 Å². The molecule has 4 rings (SSSR count). The molecule has 4 aromatic carbocycles. The summed E-state index contributed by atoms with van der Waals surface area (Å²) >= 11 is 0. The Labute approximate surface area is 131 Å². The van der Waals surface area contributed by atoms with E-state index in [1.165, 1.54) is 0 Å². The summed E-state index contributed by atoms with van der Waals surface area (Å²) in [7, 11) is 0. The number of fused-ring (bicyclic) bond motifs is 2. The highest BCUT2D eigenvalue weighted by molar-refractivity contribution is 5.93. The normalized spacial score (nSPS) is 11.0. The summed E-state index contributed by atoms with van der Waals surface area (Å²) in [5.41, 5.74) is 2.96. The number of hydrogen-bond acceptors (Lipinski definition) is 4. The molecule has 0 bridgehead atoms. The first kappa shape index (κ1) is 13.4. The second-order valence-corrected chi connectivity index (χ2v) is 5.30. The highest BCUT2D eigenvalue weighted by atomic mass is 16.1. The Morgan fingerprint density at radius 1 is 0.652 bits per heavy atom. The fourth-order valence-electron chi connectivity index (χ4n) is 2.78. The van der Waals surface area contributed by atoms with Crippen LogP contribution in [0.4, 0.5) is 5.69 Å². The summed E-state index contributed by atoms with van der Waals surface area (Å²) in [6.45, 7) is 0. The molecule has 0 radical (unpaired) electrons. The molecule has 0 spiro atoms. The molecule has 0 aliphatic heterocycles. The zero-order valence-electron chi connectivity index (χ0n) is 12.1. The van der Waals surface area contributed by atoms with Crippen LogP contribution in [0.2, 0.25) is 0 Å². The fraction of sp³-hybridized carbons (Fsp3) is 0. The summed E-state index contributed by atoms with van der Waals surface area (Å²) in [5, 5.41) is 6.89. The van der Waals surface area contributed by atoms with E-state index >= 15 is 0 Å². The maximum atomic E-state index is 12.3. The van der Waals surface area contributed by atoms with E-state index < -0.39 is 0 Å². The zero-order valence-corrected chi connectivity index (χ0v) is 12.1. The Hall–Kier alpha value is -3.27. The Morgan fingerprint density at radius 2 is 1.22 bits per heavy atom. The SMILES string of the molecule is O=c1c(=NNc2cccc3ccccc23)c(=O)c2ccccc12. The highest BCUT2D eigenvalue weighted by Gasteiger charge is 2.09. The van der Waals surface area contributed by atoms with Gasteiger partial charge in [0.1, 0.15) is 0 Å². The molecule has 0 atom stereocenters. The molecule has 4 heteroatoms. The summed E-state index contributed by atoms with van der Waals surface area (Å²) < 4.78 is 0. The minimum absolute atomic E-state index is 0.0702. The number of rotatable bonds is 2.